The van der Waals surface area contributed by atoms with E-state index < -0.39 is 0 Å². The lowest BCUT2D eigenvalue weighted by Gasteiger charge is -2.33. The van der Waals surface area contributed by atoms with E-state index in [1.165, 1.54) is 19.3 Å². The topological polar surface area (TPSA) is 74.9 Å². The van der Waals surface area contributed by atoms with Crippen molar-refractivity contribution in [3.8, 4) is 5.88 Å². The van der Waals surface area contributed by atoms with Gasteiger partial charge in [0.05, 0.1) is 18.9 Å². The van der Waals surface area contributed by atoms with E-state index in [4.69, 9.17) is 9.15 Å². The van der Waals surface area contributed by atoms with Crippen molar-refractivity contribution in [2.24, 2.45) is 4.99 Å². The van der Waals surface area contributed by atoms with E-state index in [9.17, 15) is 0 Å². The maximum absolute atomic E-state index is 5.72. The molecule has 3 rings (SSSR count). The highest BCUT2D eigenvalue weighted by atomic mass is 16.5. The van der Waals surface area contributed by atoms with E-state index in [1.807, 2.05) is 25.1 Å². The van der Waals surface area contributed by atoms with Crippen LogP contribution in [0.15, 0.2) is 46.1 Å². The number of nitrogens with zero attached hydrogens (tertiary/aromatic N) is 3. The summed E-state index contributed by atoms with van der Waals surface area (Å²) in [6, 6.07) is 8.15. The number of furan rings is 1. The van der Waals surface area contributed by atoms with Crippen LogP contribution in [0.3, 0.4) is 0 Å². The summed E-state index contributed by atoms with van der Waals surface area (Å²) in [5.74, 6) is 2.41. The zero-order chi connectivity index (χ0) is 19.6. The molecule has 7 nitrogen and oxygen atoms in total. The molecule has 0 radical (unpaired) electrons. The van der Waals surface area contributed by atoms with Crippen molar-refractivity contribution in [2.45, 2.75) is 38.8 Å². The Morgan fingerprint density at radius 2 is 2.14 bits per heavy atom. The second-order valence-electron chi connectivity index (χ2n) is 6.87. The van der Waals surface area contributed by atoms with Crippen LogP contribution in [0.1, 0.15) is 43.6 Å². The first-order valence-corrected chi connectivity index (χ1v) is 10.1. The number of piperidine rings is 1. The molecule has 3 heterocycles. The zero-order valence-corrected chi connectivity index (χ0v) is 16.9. The van der Waals surface area contributed by atoms with Crippen molar-refractivity contribution in [3.63, 3.8) is 0 Å². The highest BCUT2D eigenvalue weighted by Gasteiger charge is 2.24. The van der Waals surface area contributed by atoms with Crippen LogP contribution in [0, 0.1) is 0 Å². The molecular weight excluding hydrogens is 354 g/mol. The van der Waals surface area contributed by atoms with Gasteiger partial charge in [-0.15, -0.1) is 0 Å². The zero-order valence-electron chi connectivity index (χ0n) is 16.9. The minimum Gasteiger partial charge on any atom is -0.478 e. The standard InChI is InChI=1S/C21H31N5O2/c1-3-27-20-14-17(9-10-23-20)15-24-21(22-2)25-16-18(19-8-7-13-28-19)26-11-5-4-6-12-26/h7-10,13-14,18H,3-6,11-12,15-16H2,1-2H3,(H2,22,24,25). The van der Waals surface area contributed by atoms with Gasteiger partial charge in [-0.05, 0) is 56.6 Å². The summed E-state index contributed by atoms with van der Waals surface area (Å²) in [6.45, 7) is 6.17. The van der Waals surface area contributed by atoms with Gasteiger partial charge in [-0.3, -0.25) is 9.89 Å². The summed E-state index contributed by atoms with van der Waals surface area (Å²) in [5, 5.41) is 6.82. The van der Waals surface area contributed by atoms with Crippen molar-refractivity contribution in [2.75, 3.05) is 33.3 Å². The van der Waals surface area contributed by atoms with Gasteiger partial charge >= 0.3 is 0 Å². The molecule has 0 amide bonds. The maximum atomic E-state index is 5.72. The van der Waals surface area contributed by atoms with Crippen molar-refractivity contribution < 1.29 is 9.15 Å². The van der Waals surface area contributed by atoms with Gasteiger partial charge in [0.25, 0.3) is 0 Å². The predicted octanol–water partition coefficient (Wildman–Crippen LogP) is 2.97. The van der Waals surface area contributed by atoms with E-state index >= 15 is 0 Å². The Bertz CT molecular complexity index is 726. The lowest BCUT2D eigenvalue weighted by molar-refractivity contribution is 0.146. The molecule has 1 unspecified atom stereocenters. The van der Waals surface area contributed by atoms with Crippen LogP contribution in [0.5, 0.6) is 5.88 Å². The SMILES string of the molecule is CCOc1cc(CNC(=NC)NCC(c2ccco2)N2CCCCC2)ccn1. The van der Waals surface area contributed by atoms with Gasteiger partial charge in [0.15, 0.2) is 5.96 Å². The number of guanidine groups is 1. The normalized spacial score (nSPS) is 16.6. The van der Waals surface area contributed by atoms with Crippen LogP contribution in [0.25, 0.3) is 0 Å². The second kappa shape index (κ2) is 10.7. The fourth-order valence-corrected chi connectivity index (χ4v) is 3.51. The van der Waals surface area contributed by atoms with Crippen molar-refractivity contribution in [1.29, 1.82) is 0 Å². The molecule has 0 aromatic carbocycles. The van der Waals surface area contributed by atoms with Crippen LogP contribution in [0.2, 0.25) is 0 Å². The van der Waals surface area contributed by atoms with Crippen LogP contribution in [-0.2, 0) is 6.54 Å². The molecule has 7 heteroatoms. The third kappa shape index (κ3) is 5.73. The number of likely N-dealkylation sites (tertiary alicyclic amines) is 1. The summed E-state index contributed by atoms with van der Waals surface area (Å²) < 4.78 is 11.2. The van der Waals surface area contributed by atoms with Crippen molar-refractivity contribution in [3.05, 3.63) is 48.0 Å². The molecule has 152 valence electrons. The van der Waals surface area contributed by atoms with Crippen LogP contribution in [0.4, 0.5) is 0 Å². The van der Waals surface area contributed by atoms with Gasteiger partial charge in [0.1, 0.15) is 5.76 Å². The first-order valence-electron chi connectivity index (χ1n) is 10.1. The summed E-state index contributed by atoms with van der Waals surface area (Å²) in [4.78, 5) is 11.1. The highest BCUT2D eigenvalue weighted by molar-refractivity contribution is 5.79. The van der Waals surface area contributed by atoms with Gasteiger partial charge in [-0.25, -0.2) is 4.98 Å². The quantitative estimate of drug-likeness (QED) is 0.538. The fraction of sp³-hybridized carbons (Fsp3) is 0.524. The number of aliphatic imine (C=N–C) groups is 1. The van der Waals surface area contributed by atoms with Gasteiger partial charge in [-0.2, -0.15) is 0 Å². The average Bonchev–Trinajstić information content (AvgIpc) is 3.26. The van der Waals surface area contributed by atoms with Crippen LogP contribution in [-0.4, -0.2) is 49.1 Å². The average molecular weight is 386 g/mol. The number of nitrogens with one attached hydrogen (secondary N) is 2. The Labute approximate surface area is 167 Å². The molecule has 0 bridgehead atoms. The number of rotatable bonds is 8. The molecule has 2 aromatic heterocycles. The number of pyridine rings is 1. The summed E-state index contributed by atoms with van der Waals surface area (Å²) >= 11 is 0. The molecule has 2 aromatic rings. The molecule has 0 aliphatic carbocycles. The lowest BCUT2D eigenvalue weighted by atomic mass is 10.1. The molecule has 1 fully saturated rings. The Morgan fingerprint density at radius 3 is 2.86 bits per heavy atom. The highest BCUT2D eigenvalue weighted by Crippen LogP contribution is 2.24. The van der Waals surface area contributed by atoms with Gasteiger partial charge < -0.3 is 19.8 Å². The van der Waals surface area contributed by atoms with Crippen molar-refractivity contribution >= 4 is 5.96 Å². The first kappa shape index (κ1) is 20.2. The summed E-state index contributed by atoms with van der Waals surface area (Å²) in [6.07, 6.45) is 7.32. The van der Waals surface area contributed by atoms with E-state index in [2.05, 4.69) is 31.6 Å². The van der Waals surface area contributed by atoms with Crippen LogP contribution < -0.4 is 15.4 Å². The fourth-order valence-electron chi connectivity index (χ4n) is 3.51. The number of ether oxygens (including phenoxy) is 1. The minimum absolute atomic E-state index is 0.208. The second-order valence-corrected chi connectivity index (χ2v) is 6.87. The third-order valence-corrected chi connectivity index (χ3v) is 4.94. The van der Waals surface area contributed by atoms with E-state index in [0.717, 1.165) is 36.9 Å². The van der Waals surface area contributed by atoms with E-state index in [1.54, 1.807) is 19.5 Å². The number of hydrogen-bond acceptors (Lipinski definition) is 5. The molecule has 0 saturated carbocycles. The van der Waals surface area contributed by atoms with E-state index in [-0.39, 0.29) is 6.04 Å². The minimum atomic E-state index is 0.208. The first-order chi connectivity index (χ1) is 13.8. The monoisotopic (exact) mass is 385 g/mol. The Balaban J connectivity index is 1.56. The lowest BCUT2D eigenvalue weighted by Crippen LogP contribution is -2.44. The molecule has 1 atom stereocenters. The Hall–Kier alpha value is -2.54. The van der Waals surface area contributed by atoms with Gasteiger partial charge in [0.2, 0.25) is 5.88 Å². The summed E-state index contributed by atoms with van der Waals surface area (Å²) in [7, 11) is 1.79. The van der Waals surface area contributed by atoms with Crippen LogP contribution >= 0.6 is 0 Å². The Kier molecular flexibility index (Phi) is 7.72. The smallest absolute Gasteiger partial charge is 0.213 e. The number of hydrogen-bond donors (Lipinski definition) is 2. The van der Waals surface area contributed by atoms with Crippen molar-refractivity contribution in [1.82, 2.24) is 20.5 Å². The van der Waals surface area contributed by atoms with Gasteiger partial charge in [-0.1, -0.05) is 6.42 Å². The number of aromatic nitrogens is 1. The molecule has 2 N–H and O–H groups in total. The predicted molar refractivity (Wildman–Crippen MR) is 110 cm³/mol. The Morgan fingerprint density at radius 1 is 1.29 bits per heavy atom. The molecule has 1 saturated heterocycles. The molecule has 1 aliphatic rings. The summed E-state index contributed by atoms with van der Waals surface area (Å²) in [5.41, 5.74) is 1.10. The maximum Gasteiger partial charge on any atom is 0.213 e. The van der Waals surface area contributed by atoms with E-state index in [0.29, 0.717) is 19.0 Å². The largest absolute Gasteiger partial charge is 0.478 e. The molecular formula is C21H31N5O2. The third-order valence-electron chi connectivity index (χ3n) is 4.94. The van der Waals surface area contributed by atoms with Gasteiger partial charge in [0, 0.05) is 32.4 Å². The molecule has 1 aliphatic heterocycles. The molecule has 0 spiro atoms. The molecule has 28 heavy (non-hydrogen) atoms.